The molecule has 3 fully saturated rings. The van der Waals surface area contributed by atoms with Crippen LogP contribution in [0.3, 0.4) is 0 Å². The summed E-state index contributed by atoms with van der Waals surface area (Å²) in [4.78, 5) is 17.8. The number of carboxylic acid groups (broad SMARTS) is 1. The summed E-state index contributed by atoms with van der Waals surface area (Å²) in [7, 11) is 0. The fourth-order valence-corrected chi connectivity index (χ4v) is 6.46. The normalized spacial score (nSPS) is 18.5. The molecule has 6 nitrogen and oxygen atoms in total. The Balaban J connectivity index is 1.08. The molecule has 9 heteroatoms. The molecular weight excluding hydrogens is 531 g/mol. The van der Waals surface area contributed by atoms with Crippen molar-refractivity contribution in [3.05, 3.63) is 82.8 Å². The molecule has 2 aromatic heterocycles. The van der Waals surface area contributed by atoms with E-state index in [0.717, 1.165) is 68.8 Å². The molecule has 0 amide bonds. The molecule has 0 atom stereocenters. The number of fused-ring (bicyclic) bond motifs is 1. The molecule has 1 spiro atoms. The maximum Gasteiger partial charge on any atom is 0.417 e. The van der Waals surface area contributed by atoms with Crippen molar-refractivity contribution in [2.45, 2.75) is 50.6 Å². The molecule has 1 aliphatic heterocycles. The van der Waals surface area contributed by atoms with Gasteiger partial charge >= 0.3 is 12.1 Å². The van der Waals surface area contributed by atoms with Crippen molar-refractivity contribution in [3.63, 3.8) is 0 Å². The van der Waals surface area contributed by atoms with Crippen LogP contribution in [0.5, 0.6) is 0 Å². The monoisotopic (exact) mass is 559 g/mol. The maximum absolute atomic E-state index is 13.8. The molecule has 2 aliphatic carbocycles. The van der Waals surface area contributed by atoms with Crippen molar-refractivity contribution in [2.24, 2.45) is 5.41 Å². The third-order valence-corrected chi connectivity index (χ3v) is 8.83. The summed E-state index contributed by atoms with van der Waals surface area (Å²) in [6.07, 6.45) is 3.42. The molecule has 41 heavy (non-hydrogen) atoms. The van der Waals surface area contributed by atoms with Gasteiger partial charge in [0.1, 0.15) is 17.1 Å². The molecule has 1 N–H and O–H groups in total. The minimum atomic E-state index is -4.48. The molecule has 4 aromatic rings. The summed E-state index contributed by atoms with van der Waals surface area (Å²) in [6, 6.07) is 14.8. The standard InChI is InChI=1S/C32H28F3N3O3/c33-32(34,35)25-4-2-1-3-23(25)28-24(29(41-37-28)20-5-6-20)15-19-17-31(18-19)11-13-38(14-12-31)22-8-10-26-21(16-22)7-9-27(36-26)30(39)40/h1-4,7-10,15-16,20H,5-6,11-14,17-18H2,(H,39,40). The van der Waals surface area contributed by atoms with E-state index in [4.69, 9.17) is 4.52 Å². The lowest BCUT2D eigenvalue weighted by Crippen LogP contribution is -2.44. The quantitative estimate of drug-likeness (QED) is 0.267. The van der Waals surface area contributed by atoms with Gasteiger partial charge in [-0.2, -0.15) is 13.2 Å². The first-order valence-corrected chi connectivity index (χ1v) is 13.9. The number of alkyl halides is 3. The number of hydrogen-bond acceptors (Lipinski definition) is 5. The molecule has 210 valence electrons. The molecule has 0 unspecified atom stereocenters. The first-order valence-electron chi connectivity index (χ1n) is 13.9. The van der Waals surface area contributed by atoms with Gasteiger partial charge in [-0.3, -0.25) is 0 Å². The van der Waals surface area contributed by atoms with Crippen LogP contribution in [0.25, 0.3) is 28.2 Å². The van der Waals surface area contributed by atoms with Crippen LogP contribution >= 0.6 is 0 Å². The number of anilines is 1. The summed E-state index contributed by atoms with van der Waals surface area (Å²) in [5.41, 5.74) is 3.59. The largest absolute Gasteiger partial charge is 0.477 e. The Kier molecular flexibility index (Phi) is 5.96. The van der Waals surface area contributed by atoms with Crippen molar-refractivity contribution < 1.29 is 27.6 Å². The second kappa shape index (κ2) is 9.46. The first kappa shape index (κ1) is 25.8. The summed E-state index contributed by atoms with van der Waals surface area (Å²) in [5, 5.41) is 14.3. The minimum Gasteiger partial charge on any atom is -0.477 e. The van der Waals surface area contributed by atoms with Gasteiger partial charge in [0.2, 0.25) is 0 Å². The van der Waals surface area contributed by atoms with Crippen molar-refractivity contribution in [1.82, 2.24) is 10.1 Å². The van der Waals surface area contributed by atoms with E-state index >= 15 is 0 Å². The third-order valence-electron chi connectivity index (χ3n) is 8.83. The highest BCUT2D eigenvalue weighted by Gasteiger charge is 2.44. The molecule has 2 aromatic carbocycles. The van der Waals surface area contributed by atoms with Crippen LogP contribution in [0.4, 0.5) is 18.9 Å². The molecule has 2 saturated carbocycles. The SMILES string of the molecule is O=C(O)c1ccc2cc(N3CCC4(CC3)CC(=Cc3c(-c5ccccc5C(F)(F)F)noc3C3CC3)C4)ccc2n1. The van der Waals surface area contributed by atoms with Crippen molar-refractivity contribution in [2.75, 3.05) is 18.0 Å². The number of nitrogens with zero attached hydrogens (tertiary/aromatic N) is 3. The smallest absolute Gasteiger partial charge is 0.417 e. The molecule has 3 heterocycles. The van der Waals surface area contributed by atoms with E-state index in [2.05, 4.69) is 21.1 Å². The van der Waals surface area contributed by atoms with Crippen LogP contribution in [0.2, 0.25) is 0 Å². The Morgan fingerprint density at radius 1 is 1.05 bits per heavy atom. The van der Waals surface area contributed by atoms with E-state index in [-0.39, 0.29) is 28.3 Å². The summed E-state index contributed by atoms with van der Waals surface area (Å²) in [5.74, 6) is -0.103. The lowest BCUT2D eigenvalue weighted by atomic mass is 9.60. The van der Waals surface area contributed by atoms with E-state index in [1.54, 1.807) is 12.1 Å². The Morgan fingerprint density at radius 2 is 1.80 bits per heavy atom. The van der Waals surface area contributed by atoms with Crippen molar-refractivity contribution in [3.8, 4) is 11.3 Å². The van der Waals surface area contributed by atoms with E-state index in [1.165, 1.54) is 23.8 Å². The average molecular weight is 560 g/mol. The van der Waals surface area contributed by atoms with Gasteiger partial charge < -0.3 is 14.5 Å². The zero-order valence-electron chi connectivity index (χ0n) is 22.2. The van der Waals surface area contributed by atoms with Gasteiger partial charge in [0.15, 0.2) is 0 Å². The molecule has 0 bridgehead atoms. The summed E-state index contributed by atoms with van der Waals surface area (Å²) in [6.45, 7) is 1.81. The topological polar surface area (TPSA) is 79.5 Å². The average Bonchev–Trinajstić information content (AvgIpc) is 3.71. The highest BCUT2D eigenvalue weighted by Crippen LogP contribution is 2.54. The van der Waals surface area contributed by atoms with E-state index in [9.17, 15) is 23.1 Å². The Hall–Kier alpha value is -4.14. The molecular formula is C32H28F3N3O3. The van der Waals surface area contributed by atoms with Gasteiger partial charge in [0.05, 0.1) is 11.1 Å². The highest BCUT2D eigenvalue weighted by atomic mass is 19.4. The number of carbonyl (C=O) groups is 1. The number of benzene rings is 2. The van der Waals surface area contributed by atoms with Crippen LogP contribution in [0.1, 0.15) is 71.8 Å². The molecule has 7 rings (SSSR count). The van der Waals surface area contributed by atoms with Crippen LogP contribution in [0.15, 0.2) is 64.7 Å². The van der Waals surface area contributed by atoms with Crippen LogP contribution < -0.4 is 4.90 Å². The number of piperidine rings is 1. The fraction of sp³-hybridized carbons (Fsp3) is 0.344. The Labute approximate surface area is 234 Å². The number of allylic oxidation sites excluding steroid dienone is 1. The first-order chi connectivity index (χ1) is 19.7. The van der Waals surface area contributed by atoms with Gasteiger partial charge in [0, 0.05) is 41.2 Å². The van der Waals surface area contributed by atoms with Crippen LogP contribution in [0, 0.1) is 5.41 Å². The van der Waals surface area contributed by atoms with Gasteiger partial charge in [-0.05, 0) is 80.3 Å². The van der Waals surface area contributed by atoms with E-state index in [0.29, 0.717) is 16.8 Å². The zero-order valence-corrected chi connectivity index (χ0v) is 22.2. The number of aromatic nitrogens is 2. The number of carboxylic acids is 1. The second-order valence-corrected chi connectivity index (χ2v) is 11.6. The second-order valence-electron chi connectivity index (χ2n) is 11.6. The Morgan fingerprint density at radius 3 is 2.51 bits per heavy atom. The van der Waals surface area contributed by atoms with Gasteiger partial charge in [-0.1, -0.05) is 35.0 Å². The predicted octanol–water partition coefficient (Wildman–Crippen LogP) is 7.95. The zero-order chi connectivity index (χ0) is 28.4. The highest BCUT2D eigenvalue weighted by molar-refractivity contribution is 5.90. The predicted molar refractivity (Wildman–Crippen MR) is 149 cm³/mol. The number of aromatic carboxylic acids is 1. The number of halogens is 3. The molecule has 0 radical (unpaired) electrons. The lowest BCUT2D eigenvalue weighted by molar-refractivity contribution is -0.137. The van der Waals surface area contributed by atoms with Gasteiger partial charge in [-0.25, -0.2) is 9.78 Å². The summed E-state index contributed by atoms with van der Waals surface area (Å²) >= 11 is 0. The van der Waals surface area contributed by atoms with Gasteiger partial charge in [-0.15, -0.1) is 0 Å². The maximum atomic E-state index is 13.8. The molecule has 1 saturated heterocycles. The van der Waals surface area contributed by atoms with E-state index in [1.807, 2.05) is 18.2 Å². The van der Waals surface area contributed by atoms with Crippen LogP contribution in [-0.2, 0) is 6.18 Å². The number of hydrogen-bond donors (Lipinski definition) is 1. The fourth-order valence-electron chi connectivity index (χ4n) is 6.46. The minimum absolute atomic E-state index is 0.0335. The van der Waals surface area contributed by atoms with Crippen molar-refractivity contribution >= 4 is 28.6 Å². The van der Waals surface area contributed by atoms with E-state index < -0.39 is 17.7 Å². The lowest BCUT2D eigenvalue weighted by Gasteiger charge is -2.50. The summed E-state index contributed by atoms with van der Waals surface area (Å²) < 4.78 is 47.0. The number of rotatable bonds is 5. The Bertz CT molecular complexity index is 1690. The van der Waals surface area contributed by atoms with Gasteiger partial charge in [0.25, 0.3) is 0 Å². The van der Waals surface area contributed by atoms with Crippen LogP contribution in [-0.4, -0.2) is 34.3 Å². The molecule has 3 aliphatic rings. The van der Waals surface area contributed by atoms with Crippen molar-refractivity contribution in [1.29, 1.82) is 0 Å². The third kappa shape index (κ3) is 4.77. The number of pyridine rings is 1.